The van der Waals surface area contributed by atoms with Gasteiger partial charge in [-0.2, -0.15) is 0 Å². The van der Waals surface area contributed by atoms with E-state index in [1.165, 1.54) is 23.3 Å². The number of fused-ring (bicyclic) bond motifs is 2. The van der Waals surface area contributed by atoms with E-state index in [0.29, 0.717) is 17.0 Å². The summed E-state index contributed by atoms with van der Waals surface area (Å²) in [5, 5.41) is 3.42. The smallest absolute Gasteiger partial charge is 0.217 e. The maximum atomic E-state index is 13.2. The van der Waals surface area contributed by atoms with Gasteiger partial charge in [0.1, 0.15) is 17.4 Å². The second-order valence-electron chi connectivity index (χ2n) is 5.00. The minimum Gasteiger partial charge on any atom is -0.439 e. The van der Waals surface area contributed by atoms with Crippen molar-refractivity contribution in [2.24, 2.45) is 0 Å². The van der Waals surface area contributed by atoms with Crippen molar-refractivity contribution in [1.29, 1.82) is 0 Å². The molecule has 0 fully saturated rings. The first-order valence-electron chi connectivity index (χ1n) is 6.68. The van der Waals surface area contributed by atoms with E-state index in [4.69, 9.17) is 4.42 Å². The molecule has 0 saturated carbocycles. The van der Waals surface area contributed by atoms with Gasteiger partial charge >= 0.3 is 0 Å². The Morgan fingerprint density at radius 1 is 1.20 bits per heavy atom. The van der Waals surface area contributed by atoms with E-state index < -0.39 is 0 Å². The number of halogens is 1. The minimum atomic E-state index is -0.297. The third kappa shape index (κ3) is 1.80. The largest absolute Gasteiger partial charge is 0.439 e. The summed E-state index contributed by atoms with van der Waals surface area (Å²) < 4.78 is 19.0. The van der Waals surface area contributed by atoms with Gasteiger partial charge in [0.2, 0.25) is 5.89 Å². The predicted octanol–water partition coefficient (Wildman–Crippen LogP) is 3.20. The highest BCUT2D eigenvalue weighted by Gasteiger charge is 2.25. The lowest BCUT2D eigenvalue weighted by Gasteiger charge is -2.24. The van der Waals surface area contributed by atoms with Crippen LogP contribution in [0.5, 0.6) is 0 Å². The average molecular weight is 268 g/mol. The summed E-state index contributed by atoms with van der Waals surface area (Å²) in [4.78, 5) is 4.43. The highest BCUT2D eigenvalue weighted by atomic mass is 19.1. The second kappa shape index (κ2) is 4.42. The number of nitrogens with zero attached hydrogens (tertiary/aromatic N) is 1. The lowest BCUT2D eigenvalue weighted by molar-refractivity contribution is 0.439. The molecule has 4 heteroatoms. The van der Waals surface area contributed by atoms with Crippen molar-refractivity contribution in [3.05, 3.63) is 65.3 Å². The first-order valence-corrected chi connectivity index (χ1v) is 6.68. The van der Waals surface area contributed by atoms with Crippen molar-refractivity contribution in [3.8, 4) is 0 Å². The molecule has 2 aromatic carbocycles. The molecule has 1 unspecified atom stereocenters. The number of benzene rings is 2. The first-order chi connectivity index (χ1) is 9.81. The summed E-state index contributed by atoms with van der Waals surface area (Å²) in [5.74, 6) is 0.298. The van der Waals surface area contributed by atoms with Gasteiger partial charge in [-0.25, -0.2) is 9.37 Å². The number of aromatic nitrogens is 1. The highest BCUT2D eigenvalue weighted by molar-refractivity contribution is 5.72. The van der Waals surface area contributed by atoms with Crippen LogP contribution in [0.25, 0.3) is 11.1 Å². The molecule has 0 saturated heterocycles. The molecule has 20 heavy (non-hydrogen) atoms. The summed E-state index contributed by atoms with van der Waals surface area (Å²) in [7, 11) is 0. The molecule has 1 N–H and O–H groups in total. The van der Waals surface area contributed by atoms with E-state index in [1.54, 1.807) is 6.07 Å². The van der Waals surface area contributed by atoms with Gasteiger partial charge in [-0.1, -0.05) is 24.3 Å². The molecule has 1 aromatic heterocycles. The van der Waals surface area contributed by atoms with Crippen LogP contribution < -0.4 is 5.32 Å². The van der Waals surface area contributed by atoms with E-state index >= 15 is 0 Å². The topological polar surface area (TPSA) is 38.1 Å². The molecule has 0 spiro atoms. The summed E-state index contributed by atoms with van der Waals surface area (Å²) in [6.07, 6.45) is 1.00. The minimum absolute atomic E-state index is 0.0598. The van der Waals surface area contributed by atoms with Crippen LogP contribution in [0.1, 0.15) is 23.1 Å². The molecule has 1 aliphatic heterocycles. The lowest BCUT2D eigenvalue weighted by Crippen LogP contribution is -2.30. The zero-order valence-electron chi connectivity index (χ0n) is 10.8. The van der Waals surface area contributed by atoms with Crippen molar-refractivity contribution in [2.45, 2.75) is 12.5 Å². The van der Waals surface area contributed by atoms with Gasteiger partial charge in [0.25, 0.3) is 0 Å². The molecule has 1 atom stereocenters. The molecule has 0 radical (unpaired) electrons. The van der Waals surface area contributed by atoms with Crippen LogP contribution in [-0.2, 0) is 6.42 Å². The Morgan fingerprint density at radius 2 is 2.10 bits per heavy atom. The van der Waals surface area contributed by atoms with E-state index in [0.717, 1.165) is 13.0 Å². The average Bonchev–Trinajstić information content (AvgIpc) is 2.89. The standard InChI is InChI=1S/C16H13FN2O/c17-11-5-6-14-13(9-11)19-16(20-14)15-12-4-2-1-3-10(12)7-8-18-15/h1-6,9,15,18H,7-8H2. The molecule has 100 valence electrons. The second-order valence-corrected chi connectivity index (χ2v) is 5.00. The SMILES string of the molecule is Fc1ccc2oc(C3NCCc4ccccc43)nc2c1. The predicted molar refractivity (Wildman–Crippen MR) is 74.0 cm³/mol. The van der Waals surface area contributed by atoms with Gasteiger partial charge in [0.15, 0.2) is 5.58 Å². The third-order valence-corrected chi connectivity index (χ3v) is 3.72. The van der Waals surface area contributed by atoms with Gasteiger partial charge in [-0.3, -0.25) is 0 Å². The monoisotopic (exact) mass is 268 g/mol. The number of oxazole rings is 1. The van der Waals surface area contributed by atoms with Crippen molar-refractivity contribution < 1.29 is 8.81 Å². The van der Waals surface area contributed by atoms with E-state index in [9.17, 15) is 4.39 Å². The van der Waals surface area contributed by atoms with Gasteiger partial charge in [0.05, 0.1) is 0 Å². The van der Waals surface area contributed by atoms with Crippen LogP contribution in [-0.4, -0.2) is 11.5 Å². The van der Waals surface area contributed by atoms with E-state index in [2.05, 4.69) is 22.4 Å². The fraction of sp³-hybridized carbons (Fsp3) is 0.188. The van der Waals surface area contributed by atoms with Gasteiger partial charge < -0.3 is 9.73 Å². The van der Waals surface area contributed by atoms with Crippen LogP contribution in [0.2, 0.25) is 0 Å². The number of hydrogen-bond donors (Lipinski definition) is 1. The number of hydrogen-bond acceptors (Lipinski definition) is 3. The third-order valence-electron chi connectivity index (χ3n) is 3.72. The molecule has 3 nitrogen and oxygen atoms in total. The zero-order chi connectivity index (χ0) is 13.5. The van der Waals surface area contributed by atoms with Crippen molar-refractivity contribution in [3.63, 3.8) is 0 Å². The fourth-order valence-corrected chi connectivity index (χ4v) is 2.77. The molecule has 2 heterocycles. The highest BCUT2D eigenvalue weighted by Crippen LogP contribution is 2.30. The molecular formula is C16H13FN2O. The summed E-state index contributed by atoms with van der Waals surface area (Å²) in [5.41, 5.74) is 3.67. The summed E-state index contributed by atoms with van der Waals surface area (Å²) in [6.45, 7) is 0.884. The molecule has 0 bridgehead atoms. The maximum Gasteiger partial charge on any atom is 0.217 e. The van der Waals surface area contributed by atoms with Crippen LogP contribution in [0, 0.1) is 5.82 Å². The Morgan fingerprint density at radius 3 is 3.05 bits per heavy atom. The van der Waals surface area contributed by atoms with Crippen LogP contribution in [0.15, 0.2) is 46.9 Å². The normalized spacial score (nSPS) is 18.1. The Hall–Kier alpha value is -2.20. The number of nitrogens with one attached hydrogen (secondary N) is 1. The van der Waals surface area contributed by atoms with Gasteiger partial charge in [-0.15, -0.1) is 0 Å². The quantitative estimate of drug-likeness (QED) is 0.736. The van der Waals surface area contributed by atoms with Gasteiger partial charge in [-0.05, 0) is 29.7 Å². The zero-order valence-corrected chi connectivity index (χ0v) is 10.8. The lowest BCUT2D eigenvalue weighted by atomic mass is 9.94. The molecule has 0 aliphatic carbocycles. The summed E-state index contributed by atoms with van der Waals surface area (Å²) in [6, 6.07) is 12.6. The Bertz CT molecular complexity index is 781. The van der Waals surface area contributed by atoms with Crippen molar-refractivity contribution in [1.82, 2.24) is 10.3 Å². The molecule has 0 amide bonds. The van der Waals surface area contributed by atoms with Crippen LogP contribution in [0.3, 0.4) is 0 Å². The van der Waals surface area contributed by atoms with E-state index in [1.807, 2.05) is 12.1 Å². The molecule has 3 aromatic rings. The van der Waals surface area contributed by atoms with Crippen molar-refractivity contribution >= 4 is 11.1 Å². The maximum absolute atomic E-state index is 13.2. The first kappa shape index (κ1) is 11.6. The fourth-order valence-electron chi connectivity index (χ4n) is 2.77. The number of rotatable bonds is 1. The van der Waals surface area contributed by atoms with Crippen LogP contribution in [0.4, 0.5) is 4.39 Å². The molecule has 1 aliphatic rings. The molecule has 4 rings (SSSR count). The summed E-state index contributed by atoms with van der Waals surface area (Å²) >= 11 is 0. The Labute approximate surface area is 115 Å². The molecular weight excluding hydrogens is 255 g/mol. The Balaban J connectivity index is 1.84. The van der Waals surface area contributed by atoms with Crippen molar-refractivity contribution in [2.75, 3.05) is 6.54 Å². The van der Waals surface area contributed by atoms with Gasteiger partial charge in [0, 0.05) is 12.6 Å². The van der Waals surface area contributed by atoms with Crippen LogP contribution >= 0.6 is 0 Å². The van der Waals surface area contributed by atoms with E-state index in [-0.39, 0.29) is 11.9 Å². The Kier molecular flexibility index (Phi) is 2.57.